The molecule has 7 rings (SSSR count). The van der Waals surface area contributed by atoms with Gasteiger partial charge in [0.2, 0.25) is 11.8 Å². The van der Waals surface area contributed by atoms with Crippen LogP contribution in [0.4, 0.5) is 17.1 Å². The summed E-state index contributed by atoms with van der Waals surface area (Å²) in [5.74, 6) is 16.1. The summed E-state index contributed by atoms with van der Waals surface area (Å²) in [5.41, 5.74) is 12.0. The van der Waals surface area contributed by atoms with Crippen LogP contribution >= 0.6 is 0 Å². The lowest BCUT2D eigenvalue weighted by Gasteiger charge is -2.25. The molecular formula is C60H63N3O3. The standard InChI is InChI=1S/C60H63N3O3/c1-8-10-12-14-40-64-56-43-51(29-23-47-24-38-55(39-25-47)63(53-34-16-44(3)17-35-53)54-36-18-45(4)19-37-54)57(65-41-15-13-11-9-2)42-50(56)28-22-46-20-26-48(27-21-46)58-61-62-59(66-58)49-30-32-52(33-31-49)60(5,6)7/h16-21,24-27,30-39,42-43H,8-15,40-41H2,1-7H3. The summed E-state index contributed by atoms with van der Waals surface area (Å²) < 4.78 is 19.1. The molecule has 1 aromatic heterocycles. The van der Waals surface area contributed by atoms with Gasteiger partial charge in [-0.25, -0.2) is 0 Å². The lowest BCUT2D eigenvalue weighted by molar-refractivity contribution is 0.295. The predicted molar refractivity (Wildman–Crippen MR) is 272 cm³/mol. The lowest BCUT2D eigenvalue weighted by atomic mass is 9.87. The fraction of sp³-hybridized carbons (Fsp3) is 0.300. The summed E-state index contributed by atoms with van der Waals surface area (Å²) in [4.78, 5) is 2.27. The molecule has 6 aromatic carbocycles. The number of ether oxygens (including phenoxy) is 2. The fourth-order valence-corrected chi connectivity index (χ4v) is 7.49. The number of aromatic nitrogens is 2. The van der Waals surface area contributed by atoms with Gasteiger partial charge in [-0.15, -0.1) is 10.2 Å². The molecule has 0 saturated carbocycles. The zero-order valence-electron chi connectivity index (χ0n) is 39.8. The maximum atomic E-state index is 6.51. The smallest absolute Gasteiger partial charge is 0.248 e. The zero-order valence-corrected chi connectivity index (χ0v) is 39.8. The molecule has 0 spiro atoms. The molecule has 0 saturated heterocycles. The maximum Gasteiger partial charge on any atom is 0.248 e. The third kappa shape index (κ3) is 12.8. The Morgan fingerprint density at radius 2 is 0.879 bits per heavy atom. The molecule has 1 heterocycles. The minimum atomic E-state index is 0.0675. The Morgan fingerprint density at radius 3 is 1.29 bits per heavy atom. The first-order valence-corrected chi connectivity index (χ1v) is 23.6. The summed E-state index contributed by atoms with van der Waals surface area (Å²) in [6.07, 6.45) is 8.84. The number of hydrogen-bond donors (Lipinski definition) is 0. The Balaban J connectivity index is 1.16. The number of rotatable bonds is 17. The minimum Gasteiger partial charge on any atom is -0.492 e. The molecule has 0 bridgehead atoms. The van der Waals surface area contributed by atoms with Crippen LogP contribution in [-0.4, -0.2) is 23.4 Å². The number of aryl methyl sites for hydroxylation is 2. The van der Waals surface area contributed by atoms with Crippen LogP contribution in [0.3, 0.4) is 0 Å². The van der Waals surface area contributed by atoms with Crippen molar-refractivity contribution in [2.45, 2.75) is 105 Å². The highest BCUT2D eigenvalue weighted by Gasteiger charge is 2.17. The Kier molecular flexibility index (Phi) is 16.2. The van der Waals surface area contributed by atoms with E-state index in [0.717, 1.165) is 89.0 Å². The van der Waals surface area contributed by atoms with E-state index in [4.69, 9.17) is 13.9 Å². The average molecular weight is 874 g/mol. The van der Waals surface area contributed by atoms with Crippen molar-refractivity contribution in [2.24, 2.45) is 0 Å². The SMILES string of the molecule is CCCCCCOc1cc(C#Cc2ccc(N(c3ccc(C)cc3)c3ccc(C)cc3)cc2)c(OCCCCCC)cc1C#Cc1ccc(-c2nnc(-c3ccc(C(C)(C)C)cc3)o2)cc1. The molecule has 0 N–H and O–H groups in total. The van der Waals surface area contributed by atoms with Crippen molar-refractivity contribution in [2.75, 3.05) is 18.1 Å². The third-order valence-electron chi connectivity index (χ3n) is 11.5. The fourth-order valence-electron chi connectivity index (χ4n) is 7.49. The van der Waals surface area contributed by atoms with Crippen molar-refractivity contribution in [3.05, 3.63) is 172 Å². The van der Waals surface area contributed by atoms with Crippen molar-refractivity contribution in [3.8, 4) is 58.1 Å². The number of anilines is 3. The second kappa shape index (κ2) is 22.7. The van der Waals surface area contributed by atoms with Gasteiger partial charge in [0.05, 0.1) is 24.3 Å². The van der Waals surface area contributed by atoms with E-state index in [0.29, 0.717) is 36.5 Å². The molecule has 0 unspecified atom stereocenters. The lowest BCUT2D eigenvalue weighted by Crippen LogP contribution is -2.10. The van der Waals surface area contributed by atoms with E-state index >= 15 is 0 Å². The van der Waals surface area contributed by atoms with Gasteiger partial charge in [-0.2, -0.15) is 0 Å². The number of benzene rings is 6. The van der Waals surface area contributed by atoms with Crippen molar-refractivity contribution in [1.29, 1.82) is 0 Å². The Bertz CT molecular complexity index is 2710. The van der Waals surface area contributed by atoms with Gasteiger partial charge in [0.15, 0.2) is 0 Å². The molecule has 6 heteroatoms. The molecule has 7 aromatic rings. The number of hydrogen-bond acceptors (Lipinski definition) is 6. The highest BCUT2D eigenvalue weighted by molar-refractivity contribution is 5.77. The second-order valence-corrected chi connectivity index (χ2v) is 18.0. The van der Waals surface area contributed by atoms with Crippen LogP contribution in [-0.2, 0) is 5.41 Å². The first-order valence-electron chi connectivity index (χ1n) is 23.6. The Labute approximate surface area is 393 Å². The second-order valence-electron chi connectivity index (χ2n) is 18.0. The van der Waals surface area contributed by atoms with Crippen LogP contribution in [0, 0.1) is 37.5 Å². The van der Waals surface area contributed by atoms with E-state index < -0.39 is 0 Å². The topological polar surface area (TPSA) is 60.6 Å². The van der Waals surface area contributed by atoms with Gasteiger partial charge < -0.3 is 18.8 Å². The van der Waals surface area contributed by atoms with Crippen LogP contribution < -0.4 is 14.4 Å². The van der Waals surface area contributed by atoms with Gasteiger partial charge >= 0.3 is 0 Å². The maximum absolute atomic E-state index is 6.51. The van der Waals surface area contributed by atoms with Gasteiger partial charge in [-0.1, -0.05) is 144 Å². The van der Waals surface area contributed by atoms with E-state index in [2.05, 4.69) is 172 Å². The van der Waals surface area contributed by atoms with Crippen LogP contribution in [0.15, 0.2) is 138 Å². The third-order valence-corrected chi connectivity index (χ3v) is 11.5. The molecule has 0 aliphatic heterocycles. The van der Waals surface area contributed by atoms with Gasteiger partial charge in [-0.3, -0.25) is 0 Å². The van der Waals surface area contributed by atoms with Gasteiger partial charge in [-0.05, 0) is 123 Å². The largest absolute Gasteiger partial charge is 0.492 e. The van der Waals surface area contributed by atoms with Crippen LogP contribution in [0.1, 0.15) is 125 Å². The molecule has 0 amide bonds. The summed E-state index contributed by atoms with van der Waals surface area (Å²) in [7, 11) is 0. The Morgan fingerprint density at radius 1 is 0.485 bits per heavy atom. The van der Waals surface area contributed by atoms with E-state index in [1.165, 1.54) is 29.5 Å². The van der Waals surface area contributed by atoms with Crippen LogP contribution in [0.25, 0.3) is 22.9 Å². The zero-order chi connectivity index (χ0) is 46.3. The quantitative estimate of drug-likeness (QED) is 0.0671. The Hall–Kier alpha value is -7.02. The summed E-state index contributed by atoms with van der Waals surface area (Å²) >= 11 is 0. The van der Waals surface area contributed by atoms with E-state index in [1.54, 1.807) is 0 Å². The molecule has 336 valence electrons. The molecular weight excluding hydrogens is 811 g/mol. The normalized spacial score (nSPS) is 11.0. The van der Waals surface area contributed by atoms with E-state index in [-0.39, 0.29) is 5.41 Å². The first kappa shape index (κ1) is 47.0. The van der Waals surface area contributed by atoms with Gasteiger partial charge in [0.25, 0.3) is 0 Å². The van der Waals surface area contributed by atoms with Crippen molar-refractivity contribution < 1.29 is 13.9 Å². The van der Waals surface area contributed by atoms with Crippen LogP contribution in [0.5, 0.6) is 11.5 Å². The van der Waals surface area contributed by atoms with E-state index in [9.17, 15) is 0 Å². The summed E-state index contributed by atoms with van der Waals surface area (Å²) in [6.45, 7) is 16.5. The van der Waals surface area contributed by atoms with E-state index in [1.807, 2.05) is 48.5 Å². The van der Waals surface area contributed by atoms with Gasteiger partial charge in [0, 0.05) is 51.4 Å². The van der Waals surface area contributed by atoms with Crippen molar-refractivity contribution in [1.82, 2.24) is 10.2 Å². The monoisotopic (exact) mass is 873 g/mol. The first-order chi connectivity index (χ1) is 32.1. The van der Waals surface area contributed by atoms with Crippen molar-refractivity contribution >= 4 is 17.1 Å². The molecule has 0 radical (unpaired) electrons. The van der Waals surface area contributed by atoms with Gasteiger partial charge in [0.1, 0.15) is 11.5 Å². The van der Waals surface area contributed by atoms with Crippen molar-refractivity contribution in [3.63, 3.8) is 0 Å². The highest BCUT2D eigenvalue weighted by atomic mass is 16.5. The average Bonchev–Trinajstić information content (AvgIpc) is 3.83. The highest BCUT2D eigenvalue weighted by Crippen LogP contribution is 2.35. The summed E-state index contributed by atoms with van der Waals surface area (Å²) in [5, 5.41) is 8.69. The molecule has 6 nitrogen and oxygen atoms in total. The molecule has 0 fully saturated rings. The molecule has 0 atom stereocenters. The minimum absolute atomic E-state index is 0.0675. The number of unbranched alkanes of at least 4 members (excludes halogenated alkanes) is 6. The molecule has 0 aliphatic rings. The molecule has 66 heavy (non-hydrogen) atoms. The number of nitrogens with zero attached hydrogens (tertiary/aromatic N) is 3. The molecule has 0 aliphatic carbocycles. The van der Waals surface area contributed by atoms with Crippen LogP contribution in [0.2, 0.25) is 0 Å². The predicted octanol–water partition coefficient (Wildman–Crippen LogP) is 15.5. The summed E-state index contributed by atoms with van der Waals surface area (Å²) in [6, 6.07) is 45.9.